The summed E-state index contributed by atoms with van der Waals surface area (Å²) < 4.78 is 15.4. The van der Waals surface area contributed by atoms with E-state index in [1.165, 1.54) is 14.0 Å². The molecule has 0 saturated carbocycles. The van der Waals surface area contributed by atoms with E-state index in [9.17, 15) is 14.4 Å². The van der Waals surface area contributed by atoms with E-state index in [0.717, 1.165) is 0 Å². The van der Waals surface area contributed by atoms with Crippen LogP contribution in [-0.2, 0) is 14.3 Å². The Morgan fingerprint density at radius 1 is 1.09 bits per heavy atom. The summed E-state index contributed by atoms with van der Waals surface area (Å²) in [5.74, 6) is -0.285. The summed E-state index contributed by atoms with van der Waals surface area (Å²) in [6.07, 6.45) is -1.11. The first kappa shape index (κ1) is 18.3. The molecule has 23 heavy (non-hydrogen) atoms. The third kappa shape index (κ3) is 6.68. The molecule has 0 saturated heterocycles. The van der Waals surface area contributed by atoms with Crippen LogP contribution in [0.1, 0.15) is 13.8 Å². The predicted octanol–water partition coefficient (Wildman–Crippen LogP) is 0.851. The number of amides is 3. The van der Waals surface area contributed by atoms with Gasteiger partial charge in [-0.3, -0.25) is 10.1 Å². The molecule has 1 aromatic carbocycles. The molecule has 3 amide bonds. The molecule has 8 heteroatoms. The van der Waals surface area contributed by atoms with Gasteiger partial charge in [-0.05, 0) is 38.1 Å². The third-order valence-corrected chi connectivity index (χ3v) is 2.63. The lowest BCUT2D eigenvalue weighted by molar-refractivity contribution is -0.156. The van der Waals surface area contributed by atoms with E-state index < -0.39 is 24.0 Å². The summed E-state index contributed by atoms with van der Waals surface area (Å²) >= 11 is 0. The van der Waals surface area contributed by atoms with Crippen molar-refractivity contribution in [3.05, 3.63) is 24.3 Å². The van der Waals surface area contributed by atoms with E-state index in [2.05, 4.69) is 5.32 Å². The van der Waals surface area contributed by atoms with E-state index in [4.69, 9.17) is 14.2 Å². The van der Waals surface area contributed by atoms with Crippen molar-refractivity contribution in [2.24, 2.45) is 0 Å². The van der Waals surface area contributed by atoms with Crippen molar-refractivity contribution in [1.82, 2.24) is 10.6 Å². The summed E-state index contributed by atoms with van der Waals surface area (Å²) in [5.41, 5.74) is 0. The highest BCUT2D eigenvalue weighted by Crippen LogP contribution is 2.17. The Morgan fingerprint density at radius 2 is 1.65 bits per heavy atom. The number of urea groups is 1. The lowest BCUT2D eigenvalue weighted by Gasteiger charge is -2.13. The molecule has 1 aromatic rings. The van der Waals surface area contributed by atoms with Crippen LogP contribution in [0.4, 0.5) is 4.79 Å². The highest BCUT2D eigenvalue weighted by Gasteiger charge is 2.19. The van der Waals surface area contributed by atoms with Crippen LogP contribution in [0.15, 0.2) is 24.3 Å². The number of benzene rings is 1. The van der Waals surface area contributed by atoms with E-state index >= 15 is 0 Å². The van der Waals surface area contributed by atoms with Crippen LogP contribution in [-0.4, -0.2) is 44.3 Å². The maximum Gasteiger partial charge on any atom is 0.344 e. The van der Waals surface area contributed by atoms with Crippen molar-refractivity contribution < 1.29 is 28.6 Å². The molecule has 0 spiro atoms. The van der Waals surface area contributed by atoms with Crippen LogP contribution in [0.2, 0.25) is 0 Å². The number of rotatable bonds is 7. The van der Waals surface area contributed by atoms with Crippen LogP contribution in [0.5, 0.6) is 11.5 Å². The normalized spacial score (nSPS) is 11.1. The molecule has 0 radical (unpaired) electrons. The summed E-state index contributed by atoms with van der Waals surface area (Å²) in [4.78, 5) is 34.1. The first-order chi connectivity index (χ1) is 11.0. The molecule has 126 valence electrons. The number of nitrogens with one attached hydrogen (secondary N) is 2. The van der Waals surface area contributed by atoms with E-state index in [-0.39, 0.29) is 6.61 Å². The summed E-state index contributed by atoms with van der Waals surface area (Å²) in [6, 6.07) is 6.05. The van der Waals surface area contributed by atoms with Gasteiger partial charge in [-0.15, -0.1) is 0 Å². The van der Waals surface area contributed by atoms with Gasteiger partial charge in [-0.25, -0.2) is 9.59 Å². The smallest absolute Gasteiger partial charge is 0.344 e. The summed E-state index contributed by atoms with van der Waals surface area (Å²) in [5, 5.41) is 4.22. The number of hydrogen-bond donors (Lipinski definition) is 2. The molecule has 0 aromatic heterocycles. The van der Waals surface area contributed by atoms with Gasteiger partial charge < -0.3 is 19.5 Å². The molecule has 0 fully saturated rings. The molecule has 8 nitrogen and oxygen atoms in total. The molecule has 0 heterocycles. The number of carbonyl (C=O) groups is 3. The van der Waals surface area contributed by atoms with Crippen molar-refractivity contribution in [2.75, 3.05) is 20.3 Å². The van der Waals surface area contributed by atoms with Crippen molar-refractivity contribution in [3.8, 4) is 11.5 Å². The molecule has 0 aliphatic rings. The molecule has 0 bridgehead atoms. The van der Waals surface area contributed by atoms with Gasteiger partial charge in [0.2, 0.25) is 0 Å². The first-order valence-corrected chi connectivity index (χ1v) is 7.04. The maximum atomic E-state index is 11.6. The topological polar surface area (TPSA) is 103 Å². The van der Waals surface area contributed by atoms with E-state index in [1.54, 1.807) is 24.3 Å². The Bertz CT molecular complexity index is 543. The number of hydrogen-bond acceptors (Lipinski definition) is 6. The summed E-state index contributed by atoms with van der Waals surface area (Å²) in [6.45, 7) is 3.43. The zero-order valence-electron chi connectivity index (χ0n) is 13.3. The zero-order valence-corrected chi connectivity index (χ0v) is 13.3. The first-order valence-electron chi connectivity index (χ1n) is 7.04. The molecule has 2 N–H and O–H groups in total. The van der Waals surface area contributed by atoms with Gasteiger partial charge >= 0.3 is 12.0 Å². The van der Waals surface area contributed by atoms with Gasteiger partial charge in [0.1, 0.15) is 11.5 Å². The molecule has 0 unspecified atom stereocenters. The Morgan fingerprint density at radius 3 is 2.17 bits per heavy atom. The van der Waals surface area contributed by atoms with Gasteiger partial charge in [0.05, 0.1) is 6.61 Å². The Kier molecular flexibility index (Phi) is 7.38. The molecular formula is C15H20N2O6. The van der Waals surface area contributed by atoms with Crippen molar-refractivity contribution in [3.63, 3.8) is 0 Å². The lowest BCUT2D eigenvalue weighted by Crippen LogP contribution is -2.43. The van der Waals surface area contributed by atoms with Gasteiger partial charge in [0.25, 0.3) is 5.91 Å². The van der Waals surface area contributed by atoms with Crippen LogP contribution >= 0.6 is 0 Å². The van der Waals surface area contributed by atoms with Crippen LogP contribution in [0, 0.1) is 0 Å². The largest absolute Gasteiger partial charge is 0.494 e. The quantitative estimate of drug-likeness (QED) is 0.721. The number of esters is 1. The highest BCUT2D eigenvalue weighted by molar-refractivity contribution is 5.97. The minimum atomic E-state index is -1.11. The minimum absolute atomic E-state index is 0.356. The minimum Gasteiger partial charge on any atom is -0.494 e. The molecule has 1 atom stereocenters. The number of imide groups is 1. The standard InChI is InChI=1S/C15H20N2O6/c1-4-21-11-5-7-12(8-6-11)22-9-13(18)23-10(2)14(19)17-15(20)16-3/h5-8,10H,4,9H2,1-3H3,(H2,16,17,19,20)/t10-/m0/s1. The van der Waals surface area contributed by atoms with Crippen LogP contribution in [0.25, 0.3) is 0 Å². The predicted molar refractivity (Wildman–Crippen MR) is 81.3 cm³/mol. The number of ether oxygens (including phenoxy) is 3. The highest BCUT2D eigenvalue weighted by atomic mass is 16.6. The van der Waals surface area contributed by atoms with Gasteiger partial charge in [-0.2, -0.15) is 0 Å². The third-order valence-electron chi connectivity index (χ3n) is 2.63. The molecule has 0 aliphatic heterocycles. The van der Waals surface area contributed by atoms with Gasteiger partial charge in [0.15, 0.2) is 12.7 Å². The van der Waals surface area contributed by atoms with Crippen LogP contribution in [0.3, 0.4) is 0 Å². The average molecular weight is 324 g/mol. The van der Waals surface area contributed by atoms with Gasteiger partial charge in [-0.1, -0.05) is 0 Å². The zero-order chi connectivity index (χ0) is 17.2. The second-order valence-corrected chi connectivity index (χ2v) is 4.39. The maximum absolute atomic E-state index is 11.6. The second kappa shape index (κ2) is 9.29. The Labute approximate surface area is 134 Å². The van der Waals surface area contributed by atoms with E-state index in [0.29, 0.717) is 18.1 Å². The average Bonchev–Trinajstić information content (AvgIpc) is 2.54. The van der Waals surface area contributed by atoms with Gasteiger partial charge in [0, 0.05) is 7.05 Å². The molecule has 0 aliphatic carbocycles. The second-order valence-electron chi connectivity index (χ2n) is 4.39. The van der Waals surface area contributed by atoms with Crippen molar-refractivity contribution in [2.45, 2.75) is 20.0 Å². The Hall–Kier alpha value is -2.77. The Balaban J connectivity index is 2.38. The summed E-state index contributed by atoms with van der Waals surface area (Å²) in [7, 11) is 1.37. The van der Waals surface area contributed by atoms with Crippen molar-refractivity contribution in [1.29, 1.82) is 0 Å². The molecular weight excluding hydrogens is 304 g/mol. The fourth-order valence-corrected chi connectivity index (χ4v) is 1.50. The van der Waals surface area contributed by atoms with Crippen LogP contribution < -0.4 is 20.1 Å². The number of carbonyl (C=O) groups excluding carboxylic acids is 3. The SMILES string of the molecule is CCOc1ccc(OCC(=O)O[C@@H](C)C(=O)NC(=O)NC)cc1. The fourth-order valence-electron chi connectivity index (χ4n) is 1.50. The van der Waals surface area contributed by atoms with E-state index in [1.807, 2.05) is 12.2 Å². The molecule has 1 rings (SSSR count). The monoisotopic (exact) mass is 324 g/mol. The van der Waals surface area contributed by atoms with Crippen molar-refractivity contribution >= 4 is 17.9 Å². The lowest BCUT2D eigenvalue weighted by atomic mass is 10.3. The fraction of sp³-hybridized carbons (Fsp3) is 0.400.